The van der Waals surface area contributed by atoms with Gasteiger partial charge in [0.25, 0.3) is 0 Å². The molecule has 123 heavy (non-hydrogen) atoms. The zero-order chi connectivity index (χ0) is 88.6. The van der Waals surface area contributed by atoms with Gasteiger partial charge in [0.05, 0.1) is 0 Å². The van der Waals surface area contributed by atoms with Crippen LogP contribution >= 0.6 is 17.0 Å². The molecule has 4 unspecified atom stereocenters. The van der Waals surface area contributed by atoms with Crippen molar-refractivity contribution < 1.29 is 38.6 Å². The number of benzene rings is 8. The fraction of sp³-hybridized carbons (Fsp3) is 0.309. The first-order chi connectivity index (χ1) is 57.9. The number of fused-ring (bicyclic) bond motifs is 8. The Kier molecular flexibility index (Phi) is 26.3. The van der Waals surface area contributed by atoms with Crippen LogP contribution in [0.3, 0.4) is 0 Å². The third-order valence-electron chi connectivity index (χ3n) is 28.4. The molecule has 0 saturated heterocycles. The molecule has 0 fully saturated rings. The Morgan fingerprint density at radius 2 is 0.455 bits per heavy atom. The summed E-state index contributed by atoms with van der Waals surface area (Å²) in [6.45, 7) is 60.5. The summed E-state index contributed by atoms with van der Waals surface area (Å²) >= 11 is -0.826. The van der Waals surface area contributed by atoms with Gasteiger partial charge in [-0.3, -0.25) is 0 Å². The molecule has 12 aromatic rings. The van der Waals surface area contributed by atoms with Gasteiger partial charge in [0.1, 0.15) is 23.0 Å². The van der Waals surface area contributed by atoms with E-state index in [-0.39, 0.29) is 43.8 Å². The van der Waals surface area contributed by atoms with Gasteiger partial charge in [0, 0.05) is 17.6 Å². The van der Waals surface area contributed by atoms with Crippen LogP contribution in [0.15, 0.2) is 243 Å². The molecule has 0 spiro atoms. The molecule has 4 nitrogen and oxygen atoms in total. The molecule has 0 amide bonds. The van der Waals surface area contributed by atoms with Crippen LogP contribution in [0.1, 0.15) is 196 Å². The van der Waals surface area contributed by atoms with E-state index < -0.39 is 71.7 Å². The molecule has 4 aliphatic rings. The van der Waals surface area contributed by atoms with E-state index in [1.165, 1.54) is 153 Å². The Balaban J connectivity index is 0.000000194. The van der Waals surface area contributed by atoms with Gasteiger partial charge < -0.3 is 17.7 Å². The van der Waals surface area contributed by atoms with Crippen LogP contribution in [0.4, 0.5) is 0 Å². The topological polar surface area (TPSA) is 36.9 Å². The fourth-order valence-electron chi connectivity index (χ4n) is 17.6. The SMILES string of the molecule is Cc1cc2c([c-]1[Si](C)[c-]1c(C)cc3c1C=CC=CC3c1ccc3cc(O[Si](C)(C)C(C)(C)C)ccc3c1)C=CC=CC2c1ccc2cc(O[Si](C)(C)C(C)(C)C)ccc2c1.Cc1cc2c([c-]1[Si](C)[c-]1c(C)cc3c1C=CC=CC3c1ccc3cc(O[Si](C)(C)C(C)(C)C)ccc3c1)C=CC=CC2c1ccc2cc(O[Si](C)(C)C(C)(C)C)ccc2c1.[Cl][Zr][Cl]. The quantitative estimate of drug-likeness (QED) is 0.0714. The average molecular weight is 1840 g/mol. The Morgan fingerprint density at radius 3 is 0.642 bits per heavy atom. The molecule has 4 atom stereocenters. The van der Waals surface area contributed by atoms with Gasteiger partial charge in [0.15, 0.2) is 0 Å². The van der Waals surface area contributed by atoms with Crippen molar-refractivity contribution in [1.82, 2.24) is 0 Å². The average Bonchev–Trinajstić information content (AvgIpc) is 1.61. The first kappa shape index (κ1) is 91.3. The van der Waals surface area contributed by atoms with Gasteiger partial charge in [0.2, 0.25) is 33.3 Å². The van der Waals surface area contributed by atoms with Gasteiger partial charge in [-0.1, -0.05) is 270 Å². The van der Waals surface area contributed by atoms with E-state index in [0.717, 1.165) is 23.0 Å². The van der Waals surface area contributed by atoms with Crippen molar-refractivity contribution in [2.24, 2.45) is 0 Å². The first-order valence-corrected chi connectivity index (χ1v) is 66.0. The standard InChI is InChI=1S/2C55H63O2Si3.2ClH.Zr/c2*1-36-30-50-46(42-24-22-40-34-44(28-26-38(40)32-42)56-59(10,11)54(3,4)5)18-14-16-20-48(50)52(36)58(9)53-37(2)31-51-47(19-15-17-21-49(51)53)43-25-23-41-35-45(29-27-39(41)33-43)57-60(12,13)55(6,7)8;;;/h2*14-35,46-47H,1-13H3;2*1H;/q2*-2;;;+2/p-2. The summed E-state index contributed by atoms with van der Waals surface area (Å²) in [5.74, 6) is 4.64. The second kappa shape index (κ2) is 35.4. The van der Waals surface area contributed by atoms with Gasteiger partial charge in [-0.05, 0) is 210 Å². The molecule has 0 saturated carbocycles. The molecular formula is C110H126Cl2O4Si6Zr-4. The summed E-state index contributed by atoms with van der Waals surface area (Å²) in [5.41, 5.74) is 22.2. The van der Waals surface area contributed by atoms with E-state index in [0.29, 0.717) is 0 Å². The number of hydrogen-bond donors (Lipinski definition) is 0. The van der Waals surface area contributed by atoms with E-state index in [9.17, 15) is 0 Å². The normalized spacial score (nSPS) is 16.7. The fourth-order valence-corrected chi connectivity index (χ4v) is 27.4. The maximum absolute atomic E-state index is 6.68. The van der Waals surface area contributed by atoms with E-state index in [2.05, 4.69) is 443 Å². The summed E-state index contributed by atoms with van der Waals surface area (Å²) in [7, 11) is -0.133. The second-order valence-corrected chi connectivity index (χ2v) is 68.1. The van der Waals surface area contributed by atoms with Crippen LogP contribution in [-0.2, 0) is 20.8 Å². The van der Waals surface area contributed by atoms with Crippen LogP contribution in [-0.4, -0.2) is 50.9 Å². The molecule has 13 heteroatoms. The number of rotatable bonds is 16. The summed E-state index contributed by atoms with van der Waals surface area (Å²) in [4.78, 5) is 0. The molecule has 0 N–H and O–H groups in total. The Bertz CT molecular complexity index is 5510. The summed E-state index contributed by atoms with van der Waals surface area (Å²) in [5, 5.41) is 16.7. The Hall–Kier alpha value is -7.92. The van der Waals surface area contributed by atoms with Gasteiger partial charge in [-0.25, -0.2) is 0 Å². The van der Waals surface area contributed by atoms with E-state index >= 15 is 0 Å². The van der Waals surface area contributed by atoms with E-state index in [4.69, 9.17) is 34.7 Å². The van der Waals surface area contributed by atoms with Gasteiger partial charge in [-0.2, -0.15) is 68.8 Å². The number of allylic oxidation sites excluding steroid dienone is 12. The third kappa shape index (κ3) is 18.8. The van der Waals surface area contributed by atoms with Crippen molar-refractivity contribution in [3.05, 3.63) is 332 Å². The number of hydrogen-bond acceptors (Lipinski definition) is 4. The molecule has 0 heterocycles. The summed E-state index contributed by atoms with van der Waals surface area (Å²) in [6.07, 6.45) is 37.0. The van der Waals surface area contributed by atoms with Crippen molar-refractivity contribution in [1.29, 1.82) is 0 Å². The van der Waals surface area contributed by atoms with Crippen molar-refractivity contribution >= 4 is 156 Å². The first-order valence-electron chi connectivity index (χ1n) is 44.0. The van der Waals surface area contributed by atoms with Crippen molar-refractivity contribution in [3.63, 3.8) is 0 Å². The number of aryl methyl sites for hydroxylation is 4. The van der Waals surface area contributed by atoms with Crippen LogP contribution in [0.2, 0.25) is 85.6 Å². The molecule has 0 bridgehead atoms. The Morgan fingerprint density at radius 1 is 0.276 bits per heavy atom. The van der Waals surface area contributed by atoms with Crippen LogP contribution in [0.25, 0.3) is 67.4 Å². The minimum atomic E-state index is -1.93. The predicted molar refractivity (Wildman–Crippen MR) is 548 cm³/mol. The van der Waals surface area contributed by atoms with Crippen LogP contribution in [0.5, 0.6) is 23.0 Å². The summed E-state index contributed by atoms with van der Waals surface area (Å²) < 4.78 is 26.7. The van der Waals surface area contributed by atoms with Crippen molar-refractivity contribution in [2.75, 3.05) is 0 Å². The van der Waals surface area contributed by atoms with Gasteiger partial charge in [-0.15, -0.1) is 91.6 Å². The van der Waals surface area contributed by atoms with E-state index in [1.807, 2.05) is 0 Å². The molecule has 636 valence electrons. The minimum absolute atomic E-state index is 0.153. The zero-order valence-electron chi connectivity index (χ0n) is 77.6. The molecule has 16 rings (SSSR count). The van der Waals surface area contributed by atoms with Crippen molar-refractivity contribution in [3.8, 4) is 23.0 Å². The molecular weight excluding hydrogens is 1720 g/mol. The molecule has 12 aromatic carbocycles. The van der Waals surface area contributed by atoms with Crippen molar-refractivity contribution in [2.45, 2.75) is 220 Å². The Labute approximate surface area is 762 Å². The van der Waals surface area contributed by atoms with Crippen LogP contribution < -0.4 is 38.5 Å². The van der Waals surface area contributed by atoms with Gasteiger partial charge >= 0.3 is 37.9 Å². The third-order valence-corrected chi connectivity index (χ3v) is 51.5. The molecule has 4 aliphatic carbocycles. The summed E-state index contributed by atoms with van der Waals surface area (Å²) in [6, 6.07) is 64.5. The predicted octanol–water partition coefficient (Wildman–Crippen LogP) is 30.3. The monoisotopic (exact) mass is 1840 g/mol. The molecule has 0 aliphatic heterocycles. The zero-order valence-corrected chi connectivity index (χ0v) is 87.6. The second-order valence-electron chi connectivity index (χ2n) is 41.0. The van der Waals surface area contributed by atoms with Crippen LogP contribution in [0, 0.1) is 27.7 Å². The van der Waals surface area contributed by atoms with E-state index in [1.54, 1.807) is 0 Å². The molecule has 0 aromatic heterocycles. The number of halogens is 2. The maximum atomic E-state index is 6.68. The molecule has 2 radical (unpaired) electrons.